The SMILES string of the molecule is Cc1c(Br)c(-c2nnc(-c3ccc4c(c3)OCO4)o2)nn1C. The number of halogens is 1. The minimum absolute atomic E-state index is 0.230. The lowest BCUT2D eigenvalue weighted by molar-refractivity contribution is 0.174. The number of aromatic nitrogens is 4. The number of aryl methyl sites for hydroxylation is 1. The number of nitrogens with zero attached hydrogens (tertiary/aromatic N) is 4. The summed E-state index contributed by atoms with van der Waals surface area (Å²) < 4.78 is 19.0. The Hall–Kier alpha value is -2.35. The molecule has 1 aliphatic heterocycles. The van der Waals surface area contributed by atoms with Gasteiger partial charge in [-0.05, 0) is 41.1 Å². The molecule has 7 nitrogen and oxygen atoms in total. The highest BCUT2D eigenvalue weighted by molar-refractivity contribution is 9.10. The van der Waals surface area contributed by atoms with Gasteiger partial charge in [0, 0.05) is 12.6 Å². The summed E-state index contributed by atoms with van der Waals surface area (Å²) in [5.74, 6) is 2.16. The number of hydrogen-bond acceptors (Lipinski definition) is 6. The van der Waals surface area contributed by atoms with Crippen LogP contribution in [0.15, 0.2) is 27.1 Å². The Bertz CT molecular complexity index is 871. The minimum atomic E-state index is 0.230. The molecule has 0 amide bonds. The second-order valence-electron chi connectivity index (χ2n) is 4.85. The molecule has 4 rings (SSSR count). The van der Waals surface area contributed by atoms with Gasteiger partial charge in [-0.15, -0.1) is 10.2 Å². The van der Waals surface area contributed by atoms with Crippen molar-refractivity contribution in [1.82, 2.24) is 20.0 Å². The third-order valence-electron chi connectivity index (χ3n) is 3.51. The molecule has 0 spiro atoms. The van der Waals surface area contributed by atoms with Crippen LogP contribution in [0.2, 0.25) is 0 Å². The van der Waals surface area contributed by atoms with Crippen molar-refractivity contribution in [2.45, 2.75) is 6.92 Å². The van der Waals surface area contributed by atoms with Gasteiger partial charge < -0.3 is 13.9 Å². The van der Waals surface area contributed by atoms with Crippen molar-refractivity contribution >= 4 is 15.9 Å². The summed E-state index contributed by atoms with van der Waals surface area (Å²) in [6, 6.07) is 5.49. The molecule has 0 atom stereocenters. The third-order valence-corrected chi connectivity index (χ3v) is 4.46. The Morgan fingerprint density at radius 2 is 1.91 bits per heavy atom. The number of rotatable bonds is 2. The van der Waals surface area contributed by atoms with Crippen LogP contribution >= 0.6 is 15.9 Å². The van der Waals surface area contributed by atoms with Crippen LogP contribution in [0, 0.1) is 6.92 Å². The fraction of sp³-hybridized carbons (Fsp3) is 0.214. The van der Waals surface area contributed by atoms with E-state index in [1.807, 2.05) is 32.2 Å². The predicted octanol–water partition coefficient (Wildman–Crippen LogP) is 2.94. The largest absolute Gasteiger partial charge is 0.454 e. The molecule has 0 N–H and O–H groups in total. The molecule has 22 heavy (non-hydrogen) atoms. The van der Waals surface area contributed by atoms with Crippen LogP contribution < -0.4 is 9.47 Å². The van der Waals surface area contributed by atoms with Crippen molar-refractivity contribution in [1.29, 1.82) is 0 Å². The van der Waals surface area contributed by atoms with Gasteiger partial charge in [-0.2, -0.15) is 5.10 Å². The van der Waals surface area contributed by atoms with Crippen molar-refractivity contribution in [3.05, 3.63) is 28.4 Å². The zero-order valence-corrected chi connectivity index (χ0v) is 13.4. The summed E-state index contributed by atoms with van der Waals surface area (Å²) >= 11 is 3.50. The van der Waals surface area contributed by atoms with Crippen LogP contribution in [0.25, 0.3) is 23.0 Å². The second kappa shape index (κ2) is 4.84. The normalized spacial score (nSPS) is 12.9. The highest BCUT2D eigenvalue weighted by Gasteiger charge is 2.20. The molecule has 0 aliphatic carbocycles. The number of hydrogen-bond donors (Lipinski definition) is 0. The molecule has 8 heteroatoms. The van der Waals surface area contributed by atoms with Crippen molar-refractivity contribution in [3.8, 4) is 34.5 Å². The summed E-state index contributed by atoms with van der Waals surface area (Å²) in [6.07, 6.45) is 0. The summed E-state index contributed by atoms with van der Waals surface area (Å²) in [4.78, 5) is 0. The Kier molecular flexibility index (Phi) is 2.93. The predicted molar refractivity (Wildman–Crippen MR) is 80.5 cm³/mol. The van der Waals surface area contributed by atoms with Gasteiger partial charge in [0.1, 0.15) is 0 Å². The van der Waals surface area contributed by atoms with E-state index < -0.39 is 0 Å². The molecular formula is C14H11BrN4O3. The van der Waals surface area contributed by atoms with Crippen molar-refractivity contribution in [2.24, 2.45) is 7.05 Å². The van der Waals surface area contributed by atoms with Crippen molar-refractivity contribution < 1.29 is 13.9 Å². The average Bonchev–Trinajstić information content (AvgIpc) is 3.22. The first-order chi connectivity index (χ1) is 10.6. The van der Waals surface area contributed by atoms with Crippen LogP contribution in [0.3, 0.4) is 0 Å². The van der Waals surface area contributed by atoms with Crippen LogP contribution in [0.1, 0.15) is 5.69 Å². The standard InChI is InChI=1S/C14H11BrN4O3/c1-7-11(15)12(18-19(7)2)14-17-16-13(22-14)8-3-4-9-10(5-8)21-6-20-9/h3-5H,6H2,1-2H3. The first-order valence-electron chi connectivity index (χ1n) is 6.56. The van der Waals surface area contributed by atoms with E-state index in [2.05, 4.69) is 31.2 Å². The molecule has 0 saturated carbocycles. The van der Waals surface area contributed by atoms with Crippen LogP contribution in [-0.4, -0.2) is 26.8 Å². The first-order valence-corrected chi connectivity index (χ1v) is 7.36. The molecule has 0 radical (unpaired) electrons. The van der Waals surface area contributed by atoms with Crippen LogP contribution in [0.5, 0.6) is 11.5 Å². The molecule has 2 aromatic heterocycles. The van der Waals surface area contributed by atoms with Crippen LogP contribution in [0.4, 0.5) is 0 Å². The lowest BCUT2D eigenvalue weighted by Gasteiger charge is -1.97. The molecule has 0 unspecified atom stereocenters. The van der Waals surface area contributed by atoms with Gasteiger partial charge in [-0.25, -0.2) is 0 Å². The number of ether oxygens (including phenoxy) is 2. The van der Waals surface area contributed by atoms with E-state index in [4.69, 9.17) is 13.9 Å². The average molecular weight is 363 g/mol. The van der Waals surface area contributed by atoms with Gasteiger partial charge in [0.15, 0.2) is 17.2 Å². The monoisotopic (exact) mass is 362 g/mol. The molecular weight excluding hydrogens is 352 g/mol. The van der Waals surface area contributed by atoms with Gasteiger partial charge in [0.2, 0.25) is 12.7 Å². The first kappa shape index (κ1) is 13.3. The van der Waals surface area contributed by atoms with Crippen LogP contribution in [-0.2, 0) is 7.05 Å². The third kappa shape index (κ3) is 1.98. The van der Waals surface area contributed by atoms with Gasteiger partial charge >= 0.3 is 0 Å². The van der Waals surface area contributed by atoms with E-state index in [9.17, 15) is 0 Å². The Balaban J connectivity index is 1.73. The molecule has 0 saturated heterocycles. The van der Waals surface area contributed by atoms with Crippen molar-refractivity contribution in [2.75, 3.05) is 6.79 Å². The summed E-state index contributed by atoms with van der Waals surface area (Å²) in [7, 11) is 1.86. The maximum atomic E-state index is 5.74. The molecule has 1 aromatic carbocycles. The number of fused-ring (bicyclic) bond motifs is 1. The lowest BCUT2D eigenvalue weighted by Crippen LogP contribution is -1.92. The van der Waals surface area contributed by atoms with E-state index in [0.29, 0.717) is 29.0 Å². The molecule has 3 heterocycles. The Morgan fingerprint density at radius 1 is 1.14 bits per heavy atom. The van der Waals surface area contributed by atoms with E-state index in [-0.39, 0.29) is 6.79 Å². The number of benzene rings is 1. The minimum Gasteiger partial charge on any atom is -0.454 e. The molecule has 1 aliphatic rings. The fourth-order valence-corrected chi connectivity index (χ4v) is 2.69. The Labute approximate surface area is 134 Å². The van der Waals surface area contributed by atoms with E-state index in [1.165, 1.54) is 0 Å². The van der Waals surface area contributed by atoms with E-state index in [0.717, 1.165) is 15.7 Å². The smallest absolute Gasteiger partial charge is 0.269 e. The molecule has 0 fully saturated rings. The van der Waals surface area contributed by atoms with Crippen molar-refractivity contribution in [3.63, 3.8) is 0 Å². The summed E-state index contributed by atoms with van der Waals surface area (Å²) in [5.41, 5.74) is 2.38. The zero-order valence-electron chi connectivity index (χ0n) is 11.8. The Morgan fingerprint density at radius 3 is 2.68 bits per heavy atom. The molecule has 0 bridgehead atoms. The summed E-state index contributed by atoms with van der Waals surface area (Å²) in [5, 5.41) is 12.5. The molecule has 112 valence electrons. The quantitative estimate of drug-likeness (QED) is 0.697. The summed E-state index contributed by atoms with van der Waals surface area (Å²) in [6.45, 7) is 2.18. The maximum Gasteiger partial charge on any atom is 0.269 e. The lowest BCUT2D eigenvalue weighted by atomic mass is 10.2. The van der Waals surface area contributed by atoms with Gasteiger partial charge in [0.05, 0.1) is 10.2 Å². The zero-order chi connectivity index (χ0) is 15.3. The molecule has 3 aromatic rings. The maximum absolute atomic E-state index is 5.74. The van der Waals surface area contributed by atoms with E-state index >= 15 is 0 Å². The second-order valence-corrected chi connectivity index (χ2v) is 5.65. The topological polar surface area (TPSA) is 75.2 Å². The highest BCUT2D eigenvalue weighted by atomic mass is 79.9. The highest BCUT2D eigenvalue weighted by Crippen LogP contribution is 2.36. The van der Waals surface area contributed by atoms with Gasteiger partial charge in [-0.1, -0.05) is 0 Å². The fourth-order valence-electron chi connectivity index (χ4n) is 2.18. The van der Waals surface area contributed by atoms with Gasteiger partial charge in [0.25, 0.3) is 5.89 Å². The van der Waals surface area contributed by atoms with E-state index in [1.54, 1.807) is 4.68 Å². The van der Waals surface area contributed by atoms with Gasteiger partial charge in [-0.3, -0.25) is 4.68 Å².